The average molecular weight is 240 g/mol. The summed E-state index contributed by atoms with van der Waals surface area (Å²) in [7, 11) is 1.37. The Balaban J connectivity index is 2.16. The van der Waals surface area contributed by atoms with Gasteiger partial charge < -0.3 is 5.32 Å². The average Bonchev–Trinajstić information content (AvgIpc) is 2.45. The van der Waals surface area contributed by atoms with Crippen LogP contribution in [0, 0.1) is 11.6 Å². The summed E-state index contributed by atoms with van der Waals surface area (Å²) in [6, 6.07) is 2.12. The number of nitrogens with one attached hydrogen (secondary N) is 1. The fourth-order valence-electron chi connectivity index (χ4n) is 1.71. The summed E-state index contributed by atoms with van der Waals surface area (Å²) >= 11 is 0. The molecule has 17 heavy (non-hydrogen) atoms. The van der Waals surface area contributed by atoms with E-state index in [4.69, 9.17) is 0 Å². The third-order valence-corrected chi connectivity index (χ3v) is 2.58. The van der Waals surface area contributed by atoms with Gasteiger partial charge in [-0.2, -0.15) is 0 Å². The second-order valence-corrected chi connectivity index (χ2v) is 3.85. The van der Waals surface area contributed by atoms with Gasteiger partial charge in [-0.1, -0.05) is 0 Å². The Labute approximate surface area is 96.2 Å². The molecule has 1 saturated heterocycles. The summed E-state index contributed by atoms with van der Waals surface area (Å²) in [5.74, 6) is -2.20. The van der Waals surface area contributed by atoms with Gasteiger partial charge in [-0.15, -0.1) is 0 Å². The van der Waals surface area contributed by atoms with Gasteiger partial charge >= 0.3 is 0 Å². The van der Waals surface area contributed by atoms with E-state index in [0.717, 1.165) is 23.1 Å². The van der Waals surface area contributed by atoms with Crippen LogP contribution in [0.15, 0.2) is 18.2 Å². The minimum Gasteiger partial charge on any atom is -0.373 e. The second kappa shape index (κ2) is 4.12. The molecule has 4 nitrogen and oxygen atoms in total. The predicted molar refractivity (Wildman–Crippen MR) is 56.2 cm³/mol. The maximum absolute atomic E-state index is 12.9. The third-order valence-electron chi connectivity index (χ3n) is 2.58. The Hall–Kier alpha value is -1.98. The van der Waals surface area contributed by atoms with E-state index in [0.29, 0.717) is 0 Å². The van der Waals surface area contributed by atoms with Crippen LogP contribution in [0.25, 0.3) is 0 Å². The van der Waals surface area contributed by atoms with Gasteiger partial charge in [0.2, 0.25) is 5.91 Å². The molecule has 1 N–H and O–H groups in total. The van der Waals surface area contributed by atoms with Crippen LogP contribution in [-0.4, -0.2) is 29.8 Å². The molecule has 0 bridgehead atoms. The molecule has 2 rings (SSSR count). The molecule has 1 heterocycles. The highest BCUT2D eigenvalue weighted by Crippen LogP contribution is 2.19. The van der Waals surface area contributed by atoms with Gasteiger partial charge in [-0.25, -0.2) is 8.78 Å². The molecule has 90 valence electrons. The van der Waals surface area contributed by atoms with Crippen LogP contribution in [0.3, 0.4) is 0 Å². The zero-order valence-electron chi connectivity index (χ0n) is 9.04. The highest BCUT2D eigenvalue weighted by Gasteiger charge is 2.35. The van der Waals surface area contributed by atoms with Gasteiger partial charge in [0.1, 0.15) is 17.7 Å². The van der Waals surface area contributed by atoms with Gasteiger partial charge in [-0.05, 0) is 12.1 Å². The molecule has 0 spiro atoms. The van der Waals surface area contributed by atoms with Crippen LogP contribution in [0.4, 0.5) is 14.5 Å². The molecular weight excluding hydrogens is 230 g/mol. The number of likely N-dealkylation sites (tertiary alicyclic amines) is 1. The smallest absolute Gasteiger partial charge is 0.251 e. The molecule has 1 aliphatic rings. The molecule has 1 aromatic carbocycles. The first-order chi connectivity index (χ1) is 7.97. The lowest BCUT2D eigenvalue weighted by Crippen LogP contribution is -2.31. The number of carbonyl (C=O) groups is 2. The number of hydrogen-bond acceptors (Lipinski definition) is 3. The van der Waals surface area contributed by atoms with Gasteiger partial charge in [0.25, 0.3) is 5.91 Å². The second-order valence-electron chi connectivity index (χ2n) is 3.85. The van der Waals surface area contributed by atoms with E-state index in [1.54, 1.807) is 0 Å². The molecular formula is C11H10F2N2O2. The Bertz CT molecular complexity index is 470. The lowest BCUT2D eigenvalue weighted by atomic mass is 10.2. The molecule has 1 fully saturated rings. The van der Waals surface area contributed by atoms with Crippen molar-refractivity contribution in [3.63, 3.8) is 0 Å². The zero-order valence-corrected chi connectivity index (χ0v) is 9.04. The number of carbonyl (C=O) groups excluding carboxylic acids is 2. The molecule has 2 amide bonds. The Morgan fingerprint density at radius 1 is 1.24 bits per heavy atom. The lowest BCUT2D eigenvalue weighted by Gasteiger charge is -2.12. The van der Waals surface area contributed by atoms with Gasteiger partial charge in [0.15, 0.2) is 0 Å². The molecule has 0 saturated carbocycles. The van der Waals surface area contributed by atoms with Crippen LogP contribution in [-0.2, 0) is 9.59 Å². The number of hydrogen-bond donors (Lipinski definition) is 1. The van der Waals surface area contributed by atoms with E-state index < -0.39 is 23.6 Å². The van der Waals surface area contributed by atoms with Crippen molar-refractivity contribution in [1.82, 2.24) is 4.90 Å². The van der Waals surface area contributed by atoms with Crippen molar-refractivity contribution in [2.24, 2.45) is 0 Å². The minimum absolute atomic E-state index is 0.00648. The van der Waals surface area contributed by atoms with Crippen molar-refractivity contribution in [2.75, 3.05) is 12.4 Å². The maximum Gasteiger partial charge on any atom is 0.251 e. The fraction of sp³-hybridized carbons (Fsp3) is 0.273. The molecule has 1 aliphatic heterocycles. The maximum atomic E-state index is 12.9. The third kappa shape index (κ3) is 2.25. The number of benzene rings is 1. The monoisotopic (exact) mass is 240 g/mol. The number of amides is 2. The summed E-state index contributed by atoms with van der Waals surface area (Å²) < 4.78 is 25.8. The van der Waals surface area contributed by atoms with Crippen molar-refractivity contribution in [3.8, 4) is 0 Å². The van der Waals surface area contributed by atoms with E-state index in [1.165, 1.54) is 7.05 Å². The van der Waals surface area contributed by atoms with Crippen LogP contribution in [0.1, 0.15) is 6.42 Å². The largest absolute Gasteiger partial charge is 0.373 e. The summed E-state index contributed by atoms with van der Waals surface area (Å²) in [6.45, 7) is 0. The van der Waals surface area contributed by atoms with E-state index in [2.05, 4.69) is 5.32 Å². The van der Waals surface area contributed by atoms with Crippen LogP contribution >= 0.6 is 0 Å². The number of rotatable bonds is 2. The molecule has 1 unspecified atom stereocenters. The van der Waals surface area contributed by atoms with Crippen molar-refractivity contribution >= 4 is 17.5 Å². The normalized spacial score (nSPS) is 19.9. The lowest BCUT2D eigenvalue weighted by molar-refractivity contribution is -0.136. The summed E-state index contributed by atoms with van der Waals surface area (Å²) in [6.07, 6.45) is -0.00648. The van der Waals surface area contributed by atoms with E-state index in [-0.39, 0.29) is 18.0 Å². The summed E-state index contributed by atoms with van der Waals surface area (Å²) in [5, 5.41) is 2.64. The van der Waals surface area contributed by atoms with Crippen LogP contribution in [0.5, 0.6) is 0 Å². The van der Waals surface area contributed by atoms with Crippen molar-refractivity contribution < 1.29 is 18.4 Å². The number of anilines is 1. The molecule has 0 aliphatic carbocycles. The standard InChI is InChI=1S/C11H10F2N2O2/c1-15-10(16)5-9(11(15)17)14-8-3-6(12)2-7(13)4-8/h2-4,9,14H,5H2,1H3. The van der Waals surface area contributed by atoms with Crippen LogP contribution in [0.2, 0.25) is 0 Å². The van der Waals surface area contributed by atoms with E-state index in [9.17, 15) is 18.4 Å². The number of nitrogens with zero attached hydrogens (tertiary/aromatic N) is 1. The van der Waals surface area contributed by atoms with Crippen molar-refractivity contribution in [1.29, 1.82) is 0 Å². The Kier molecular flexibility index (Phi) is 2.79. The quantitative estimate of drug-likeness (QED) is 0.788. The number of likely N-dealkylation sites (N-methyl/N-ethyl adjacent to an activating group) is 1. The molecule has 0 aromatic heterocycles. The Morgan fingerprint density at radius 3 is 2.29 bits per heavy atom. The van der Waals surface area contributed by atoms with Crippen molar-refractivity contribution in [2.45, 2.75) is 12.5 Å². The highest BCUT2D eigenvalue weighted by molar-refractivity contribution is 6.06. The first kappa shape index (κ1) is 11.5. The van der Waals surface area contributed by atoms with E-state index >= 15 is 0 Å². The molecule has 6 heteroatoms. The highest BCUT2D eigenvalue weighted by atomic mass is 19.1. The van der Waals surface area contributed by atoms with Gasteiger partial charge in [-0.3, -0.25) is 14.5 Å². The first-order valence-electron chi connectivity index (χ1n) is 5.00. The van der Waals surface area contributed by atoms with E-state index in [1.807, 2.05) is 0 Å². The SMILES string of the molecule is CN1C(=O)CC(Nc2cc(F)cc(F)c2)C1=O. The molecule has 1 aromatic rings. The van der Waals surface area contributed by atoms with Crippen LogP contribution < -0.4 is 5.32 Å². The molecule has 1 atom stereocenters. The predicted octanol–water partition coefficient (Wildman–Crippen LogP) is 1.13. The summed E-state index contributed by atoms with van der Waals surface area (Å²) in [5.41, 5.74) is 0.143. The first-order valence-corrected chi connectivity index (χ1v) is 5.00. The Morgan fingerprint density at radius 2 is 1.82 bits per heavy atom. The topological polar surface area (TPSA) is 49.4 Å². The minimum atomic E-state index is -0.756. The number of halogens is 2. The van der Waals surface area contributed by atoms with Crippen molar-refractivity contribution in [3.05, 3.63) is 29.8 Å². The molecule has 0 radical (unpaired) electrons. The van der Waals surface area contributed by atoms with Gasteiger partial charge in [0.05, 0.1) is 6.42 Å². The van der Waals surface area contributed by atoms with Gasteiger partial charge in [0, 0.05) is 18.8 Å². The zero-order chi connectivity index (χ0) is 12.6. The fourth-order valence-corrected chi connectivity index (χ4v) is 1.71. The summed E-state index contributed by atoms with van der Waals surface area (Å²) in [4.78, 5) is 23.8. The number of imide groups is 1.